The van der Waals surface area contributed by atoms with Crippen molar-refractivity contribution in [2.75, 3.05) is 0 Å². The monoisotopic (exact) mass is 564 g/mol. The lowest BCUT2D eigenvalue weighted by Gasteiger charge is -2.21. The molecule has 9 rings (SSSR count). The molecule has 0 bridgehead atoms. The summed E-state index contributed by atoms with van der Waals surface area (Å²) in [4.78, 5) is 9.33. The fourth-order valence-corrected chi connectivity index (χ4v) is 7.12. The Morgan fingerprint density at radius 2 is 1.23 bits per heavy atom. The Kier molecular flexibility index (Phi) is 5.24. The smallest absolute Gasteiger partial charge is 0.227 e. The van der Waals surface area contributed by atoms with Crippen molar-refractivity contribution < 1.29 is 4.42 Å². The SMILES string of the molecule is CC1(C)c2ccccc2-c2cc(-c3ccc(-c4ccc5oc(-c6ccc7ncccc7c6)nc5c4)c4ccccc34)ccc21. The number of aromatic nitrogens is 2. The summed E-state index contributed by atoms with van der Waals surface area (Å²) in [5, 5.41) is 3.52. The molecule has 1 aliphatic rings. The highest BCUT2D eigenvalue weighted by atomic mass is 16.3. The number of benzene rings is 6. The normalized spacial score (nSPS) is 13.4. The summed E-state index contributed by atoms with van der Waals surface area (Å²) in [5.41, 5.74) is 13.8. The zero-order valence-electron chi connectivity index (χ0n) is 24.5. The minimum atomic E-state index is 0.00151. The number of pyridine rings is 1. The molecular weight excluding hydrogens is 536 g/mol. The molecule has 3 nitrogen and oxygen atoms in total. The van der Waals surface area contributed by atoms with Crippen molar-refractivity contribution in [1.82, 2.24) is 9.97 Å². The van der Waals surface area contributed by atoms with Gasteiger partial charge in [0.05, 0.1) is 5.52 Å². The zero-order chi connectivity index (χ0) is 29.4. The van der Waals surface area contributed by atoms with E-state index in [1.54, 1.807) is 0 Å². The lowest BCUT2D eigenvalue weighted by Crippen LogP contribution is -2.14. The van der Waals surface area contributed by atoms with Crippen molar-refractivity contribution in [3.8, 4) is 44.8 Å². The number of fused-ring (bicyclic) bond motifs is 6. The number of rotatable bonds is 3. The summed E-state index contributed by atoms with van der Waals surface area (Å²) in [6.07, 6.45) is 1.81. The van der Waals surface area contributed by atoms with Crippen molar-refractivity contribution in [3.63, 3.8) is 0 Å². The van der Waals surface area contributed by atoms with E-state index >= 15 is 0 Å². The van der Waals surface area contributed by atoms with Crippen molar-refractivity contribution in [2.24, 2.45) is 0 Å². The van der Waals surface area contributed by atoms with Crippen molar-refractivity contribution in [3.05, 3.63) is 145 Å². The fraction of sp³-hybridized carbons (Fsp3) is 0.0732. The summed E-state index contributed by atoms with van der Waals surface area (Å²) in [7, 11) is 0. The van der Waals surface area contributed by atoms with Crippen LogP contribution in [0.25, 0.3) is 77.6 Å². The quantitative estimate of drug-likeness (QED) is 0.214. The Bertz CT molecular complexity index is 2430. The molecule has 6 aromatic carbocycles. The van der Waals surface area contributed by atoms with Crippen LogP contribution in [-0.2, 0) is 5.41 Å². The van der Waals surface area contributed by atoms with Crippen LogP contribution < -0.4 is 0 Å². The van der Waals surface area contributed by atoms with Crippen molar-refractivity contribution in [1.29, 1.82) is 0 Å². The van der Waals surface area contributed by atoms with Crippen LogP contribution in [-0.4, -0.2) is 9.97 Å². The molecule has 8 aromatic rings. The molecule has 0 amide bonds. The Labute approximate surface area is 255 Å². The van der Waals surface area contributed by atoms with Gasteiger partial charge in [-0.1, -0.05) is 98.8 Å². The van der Waals surface area contributed by atoms with Gasteiger partial charge in [0.2, 0.25) is 5.89 Å². The molecule has 44 heavy (non-hydrogen) atoms. The van der Waals surface area contributed by atoms with E-state index in [1.165, 1.54) is 49.7 Å². The lowest BCUT2D eigenvalue weighted by molar-refractivity contribution is 0.620. The standard InChI is InChI=1S/C41H28N2O/c1-41(2)35-12-6-5-11-33(35)34-23-25(13-18-36(34)41)29-16-17-30(32-10-4-3-9-31(29)32)26-15-20-39-38(24-26)43-40(44-39)28-14-19-37-27(22-28)8-7-21-42-37/h3-24H,1-2H3. The first kappa shape index (κ1) is 25.0. The maximum absolute atomic E-state index is 6.20. The Balaban J connectivity index is 1.14. The van der Waals surface area contributed by atoms with Crippen LogP contribution in [0.2, 0.25) is 0 Å². The van der Waals surface area contributed by atoms with Gasteiger partial charge in [0.1, 0.15) is 5.52 Å². The molecule has 1 aliphatic carbocycles. The van der Waals surface area contributed by atoms with Gasteiger partial charge >= 0.3 is 0 Å². The number of nitrogens with zero attached hydrogens (tertiary/aromatic N) is 2. The minimum absolute atomic E-state index is 0.00151. The molecule has 2 aromatic heterocycles. The molecular formula is C41H28N2O. The predicted molar refractivity (Wildman–Crippen MR) is 181 cm³/mol. The largest absolute Gasteiger partial charge is 0.436 e. The summed E-state index contributed by atoms with van der Waals surface area (Å²) < 4.78 is 6.20. The second kappa shape index (κ2) is 9.23. The molecule has 3 heteroatoms. The maximum atomic E-state index is 6.20. The van der Waals surface area contributed by atoms with Gasteiger partial charge in [-0.05, 0) is 97.7 Å². The average molecular weight is 565 g/mol. The molecule has 0 atom stereocenters. The highest BCUT2D eigenvalue weighted by Crippen LogP contribution is 2.50. The lowest BCUT2D eigenvalue weighted by atomic mass is 9.82. The molecule has 0 spiro atoms. The predicted octanol–water partition coefficient (Wildman–Crippen LogP) is 10.8. The molecule has 0 aliphatic heterocycles. The van der Waals surface area contributed by atoms with Gasteiger partial charge in [0.15, 0.2) is 5.58 Å². The van der Waals surface area contributed by atoms with Crippen LogP contribution in [0.15, 0.2) is 138 Å². The van der Waals surface area contributed by atoms with E-state index in [-0.39, 0.29) is 5.41 Å². The van der Waals surface area contributed by atoms with E-state index in [4.69, 9.17) is 9.40 Å². The van der Waals surface area contributed by atoms with Crippen LogP contribution in [0.3, 0.4) is 0 Å². The third kappa shape index (κ3) is 3.69. The van der Waals surface area contributed by atoms with E-state index in [9.17, 15) is 0 Å². The number of hydrogen-bond acceptors (Lipinski definition) is 3. The highest BCUT2D eigenvalue weighted by molar-refractivity contribution is 6.06. The van der Waals surface area contributed by atoms with Gasteiger partial charge in [-0.25, -0.2) is 4.98 Å². The topological polar surface area (TPSA) is 38.9 Å². The Morgan fingerprint density at radius 1 is 0.523 bits per heavy atom. The molecule has 208 valence electrons. The second-order valence-corrected chi connectivity index (χ2v) is 12.2. The number of oxazole rings is 1. The van der Waals surface area contributed by atoms with E-state index in [0.29, 0.717) is 5.89 Å². The van der Waals surface area contributed by atoms with E-state index in [1.807, 2.05) is 30.5 Å². The summed E-state index contributed by atoms with van der Waals surface area (Å²) in [6.45, 7) is 4.66. The Morgan fingerprint density at radius 3 is 2.07 bits per heavy atom. The zero-order valence-corrected chi connectivity index (χ0v) is 24.5. The second-order valence-electron chi connectivity index (χ2n) is 12.2. The molecule has 0 unspecified atom stereocenters. The van der Waals surface area contributed by atoms with E-state index in [2.05, 4.69) is 122 Å². The van der Waals surface area contributed by atoms with Gasteiger partial charge in [0, 0.05) is 22.6 Å². The number of hydrogen-bond donors (Lipinski definition) is 0. The molecule has 2 heterocycles. The van der Waals surface area contributed by atoms with Crippen LogP contribution >= 0.6 is 0 Å². The third-order valence-electron chi connectivity index (χ3n) is 9.37. The highest BCUT2D eigenvalue weighted by Gasteiger charge is 2.35. The first-order valence-electron chi connectivity index (χ1n) is 15.1. The average Bonchev–Trinajstić information content (AvgIpc) is 3.60. The van der Waals surface area contributed by atoms with Crippen LogP contribution in [0.1, 0.15) is 25.0 Å². The molecule has 0 fully saturated rings. The molecule has 0 N–H and O–H groups in total. The Hall–Kier alpha value is -5.54. The van der Waals surface area contributed by atoms with Gasteiger partial charge in [0.25, 0.3) is 0 Å². The van der Waals surface area contributed by atoms with E-state index < -0.39 is 0 Å². The first-order chi connectivity index (χ1) is 21.5. The minimum Gasteiger partial charge on any atom is -0.436 e. The summed E-state index contributed by atoms with van der Waals surface area (Å²) in [5.74, 6) is 0.615. The summed E-state index contributed by atoms with van der Waals surface area (Å²) >= 11 is 0. The molecule has 0 radical (unpaired) electrons. The molecule has 0 saturated heterocycles. The van der Waals surface area contributed by atoms with Gasteiger partial charge < -0.3 is 4.42 Å². The molecule has 0 saturated carbocycles. The van der Waals surface area contributed by atoms with Crippen molar-refractivity contribution in [2.45, 2.75) is 19.3 Å². The van der Waals surface area contributed by atoms with Gasteiger partial charge in [-0.15, -0.1) is 0 Å². The van der Waals surface area contributed by atoms with Gasteiger partial charge in [-0.2, -0.15) is 0 Å². The van der Waals surface area contributed by atoms with Gasteiger partial charge in [-0.3, -0.25) is 4.98 Å². The van der Waals surface area contributed by atoms with Crippen LogP contribution in [0, 0.1) is 0 Å². The van der Waals surface area contributed by atoms with Crippen LogP contribution in [0.4, 0.5) is 0 Å². The van der Waals surface area contributed by atoms with Crippen LogP contribution in [0.5, 0.6) is 0 Å². The summed E-state index contributed by atoms with van der Waals surface area (Å²) in [6, 6.07) is 45.5. The third-order valence-corrected chi connectivity index (χ3v) is 9.37. The fourth-order valence-electron chi connectivity index (χ4n) is 7.12. The van der Waals surface area contributed by atoms with Crippen molar-refractivity contribution >= 4 is 32.8 Å². The van der Waals surface area contributed by atoms with E-state index in [0.717, 1.165) is 33.1 Å². The maximum Gasteiger partial charge on any atom is 0.227 e. The first-order valence-corrected chi connectivity index (χ1v) is 15.1.